The summed E-state index contributed by atoms with van der Waals surface area (Å²) < 4.78 is 16.1. The van der Waals surface area contributed by atoms with Crippen molar-refractivity contribution in [3.8, 4) is 38.0 Å². The standard InChI is InChI=1S/C26H26N2O5S/c1-30-14-15-31-16-17-32-24-12-10-21(11-13-24)20-6-8-23(9-7-20)26-28-27-25(34-26)22-4-2-19(3-5-22)18-33-29/h2-13,29H,14-18H2,1H3. The molecule has 0 spiro atoms. The van der Waals surface area contributed by atoms with Gasteiger partial charge in [0, 0.05) is 18.2 Å². The Morgan fingerprint density at radius 3 is 1.79 bits per heavy atom. The van der Waals surface area contributed by atoms with Crippen molar-refractivity contribution in [2.45, 2.75) is 6.61 Å². The van der Waals surface area contributed by atoms with Crippen molar-refractivity contribution in [3.05, 3.63) is 78.4 Å². The van der Waals surface area contributed by atoms with Gasteiger partial charge >= 0.3 is 0 Å². The summed E-state index contributed by atoms with van der Waals surface area (Å²) in [5, 5.41) is 19.0. The van der Waals surface area contributed by atoms with Crippen molar-refractivity contribution < 1.29 is 24.4 Å². The molecule has 0 saturated heterocycles. The quantitative estimate of drug-likeness (QED) is 0.162. The van der Waals surface area contributed by atoms with E-state index in [0.717, 1.165) is 43.6 Å². The zero-order chi connectivity index (χ0) is 23.6. The summed E-state index contributed by atoms with van der Waals surface area (Å²) in [4.78, 5) is 4.17. The average Bonchev–Trinajstić information content (AvgIpc) is 3.38. The lowest BCUT2D eigenvalue weighted by Gasteiger charge is -2.08. The maximum absolute atomic E-state index is 8.57. The molecule has 1 heterocycles. The number of methoxy groups -OCH3 is 1. The van der Waals surface area contributed by atoms with Crippen LogP contribution in [0.4, 0.5) is 0 Å². The van der Waals surface area contributed by atoms with Gasteiger partial charge in [-0.05, 0) is 28.8 Å². The number of nitrogens with zero attached hydrogens (tertiary/aromatic N) is 2. The minimum absolute atomic E-state index is 0.161. The summed E-state index contributed by atoms with van der Waals surface area (Å²) in [5.41, 5.74) is 5.11. The summed E-state index contributed by atoms with van der Waals surface area (Å²) in [7, 11) is 1.65. The van der Waals surface area contributed by atoms with Crippen LogP contribution in [0.5, 0.6) is 5.75 Å². The van der Waals surface area contributed by atoms with Crippen LogP contribution in [0.1, 0.15) is 5.56 Å². The van der Waals surface area contributed by atoms with E-state index in [1.54, 1.807) is 7.11 Å². The maximum Gasteiger partial charge on any atom is 0.148 e. The Morgan fingerprint density at radius 1 is 0.676 bits per heavy atom. The molecule has 0 aliphatic carbocycles. The first-order chi connectivity index (χ1) is 16.8. The molecule has 0 aliphatic heterocycles. The Hall–Kier alpha value is -3.14. The molecule has 1 N–H and O–H groups in total. The van der Waals surface area contributed by atoms with E-state index in [2.05, 4.69) is 39.4 Å². The molecule has 34 heavy (non-hydrogen) atoms. The van der Waals surface area contributed by atoms with Crippen molar-refractivity contribution in [1.82, 2.24) is 10.2 Å². The van der Waals surface area contributed by atoms with E-state index >= 15 is 0 Å². The van der Waals surface area contributed by atoms with Crippen LogP contribution in [0.2, 0.25) is 0 Å². The van der Waals surface area contributed by atoms with Crippen molar-refractivity contribution in [2.24, 2.45) is 0 Å². The molecule has 0 atom stereocenters. The lowest BCUT2D eigenvalue weighted by molar-refractivity contribution is -0.253. The first-order valence-electron chi connectivity index (χ1n) is 10.9. The number of hydrogen-bond donors (Lipinski definition) is 1. The predicted molar refractivity (Wildman–Crippen MR) is 132 cm³/mol. The van der Waals surface area contributed by atoms with Crippen LogP contribution < -0.4 is 4.74 Å². The largest absolute Gasteiger partial charge is 0.491 e. The second-order valence-electron chi connectivity index (χ2n) is 7.44. The van der Waals surface area contributed by atoms with Crippen LogP contribution in [0.15, 0.2) is 72.8 Å². The minimum Gasteiger partial charge on any atom is -0.491 e. The number of benzene rings is 3. The van der Waals surface area contributed by atoms with Gasteiger partial charge in [-0.2, -0.15) is 0 Å². The Labute approximate surface area is 202 Å². The Morgan fingerprint density at radius 2 is 1.21 bits per heavy atom. The van der Waals surface area contributed by atoms with E-state index in [4.69, 9.17) is 19.5 Å². The first kappa shape index (κ1) is 24.0. The predicted octanol–water partition coefficient (Wildman–Crippen LogP) is 5.57. The van der Waals surface area contributed by atoms with Gasteiger partial charge < -0.3 is 14.2 Å². The molecule has 0 fully saturated rings. The molecular weight excluding hydrogens is 452 g/mol. The van der Waals surface area contributed by atoms with Gasteiger partial charge in [-0.3, -0.25) is 5.26 Å². The molecule has 0 unspecified atom stereocenters. The molecule has 3 aromatic carbocycles. The third-order valence-electron chi connectivity index (χ3n) is 5.10. The second kappa shape index (κ2) is 12.4. The smallest absolute Gasteiger partial charge is 0.148 e. The molecule has 4 rings (SSSR count). The molecule has 4 aromatic rings. The summed E-state index contributed by atoms with van der Waals surface area (Å²) in [6, 6.07) is 24.0. The highest BCUT2D eigenvalue weighted by Crippen LogP contribution is 2.31. The number of ether oxygens (including phenoxy) is 3. The highest BCUT2D eigenvalue weighted by Gasteiger charge is 2.09. The first-order valence-corrected chi connectivity index (χ1v) is 11.7. The van der Waals surface area contributed by atoms with E-state index in [-0.39, 0.29) is 6.61 Å². The normalized spacial score (nSPS) is 11.0. The number of hydrogen-bond acceptors (Lipinski definition) is 8. The van der Waals surface area contributed by atoms with Crippen LogP contribution in [-0.2, 0) is 21.0 Å². The Kier molecular flexibility index (Phi) is 8.72. The third kappa shape index (κ3) is 6.47. The monoisotopic (exact) mass is 478 g/mol. The van der Waals surface area contributed by atoms with Gasteiger partial charge in [0.25, 0.3) is 0 Å². The van der Waals surface area contributed by atoms with Gasteiger partial charge in [0.15, 0.2) is 0 Å². The number of aromatic nitrogens is 2. The van der Waals surface area contributed by atoms with Crippen LogP contribution in [0, 0.1) is 0 Å². The molecule has 0 saturated carbocycles. The highest BCUT2D eigenvalue weighted by molar-refractivity contribution is 7.17. The summed E-state index contributed by atoms with van der Waals surface area (Å²) in [6.07, 6.45) is 0. The summed E-state index contributed by atoms with van der Waals surface area (Å²) >= 11 is 1.54. The van der Waals surface area contributed by atoms with E-state index in [9.17, 15) is 0 Å². The summed E-state index contributed by atoms with van der Waals surface area (Å²) in [6.45, 7) is 2.35. The van der Waals surface area contributed by atoms with Crippen LogP contribution in [0.25, 0.3) is 32.3 Å². The molecule has 0 aliphatic rings. The van der Waals surface area contributed by atoms with Gasteiger partial charge in [-0.25, -0.2) is 4.89 Å². The van der Waals surface area contributed by atoms with Gasteiger partial charge in [-0.1, -0.05) is 72.0 Å². The number of rotatable bonds is 12. The maximum atomic E-state index is 8.57. The van der Waals surface area contributed by atoms with Gasteiger partial charge in [-0.15, -0.1) is 10.2 Å². The van der Waals surface area contributed by atoms with E-state index in [1.165, 1.54) is 11.3 Å². The third-order valence-corrected chi connectivity index (χ3v) is 6.13. The molecule has 0 radical (unpaired) electrons. The van der Waals surface area contributed by atoms with Crippen molar-refractivity contribution in [1.29, 1.82) is 0 Å². The van der Waals surface area contributed by atoms with Gasteiger partial charge in [0.05, 0.1) is 19.8 Å². The fraction of sp³-hybridized carbons (Fsp3) is 0.231. The SMILES string of the molecule is COCCOCCOc1ccc(-c2ccc(-c3nnc(-c4ccc(COO)cc4)s3)cc2)cc1. The lowest BCUT2D eigenvalue weighted by Crippen LogP contribution is -2.09. The molecule has 8 heteroatoms. The van der Waals surface area contributed by atoms with Gasteiger partial charge in [0.2, 0.25) is 0 Å². The Balaban J connectivity index is 1.35. The van der Waals surface area contributed by atoms with Crippen molar-refractivity contribution >= 4 is 11.3 Å². The molecule has 1 aromatic heterocycles. The lowest BCUT2D eigenvalue weighted by atomic mass is 10.0. The zero-order valence-electron chi connectivity index (χ0n) is 18.8. The molecule has 176 valence electrons. The second-order valence-corrected chi connectivity index (χ2v) is 8.42. The minimum atomic E-state index is 0.161. The Bertz CT molecular complexity index is 1150. The van der Waals surface area contributed by atoms with Crippen LogP contribution in [0.3, 0.4) is 0 Å². The van der Waals surface area contributed by atoms with Gasteiger partial charge in [0.1, 0.15) is 29.0 Å². The zero-order valence-corrected chi connectivity index (χ0v) is 19.7. The van der Waals surface area contributed by atoms with Crippen molar-refractivity contribution in [2.75, 3.05) is 33.5 Å². The fourth-order valence-corrected chi connectivity index (χ4v) is 4.14. The molecule has 7 nitrogen and oxygen atoms in total. The summed E-state index contributed by atoms with van der Waals surface area (Å²) in [5.74, 6) is 0.814. The molecule has 0 amide bonds. The highest BCUT2D eigenvalue weighted by atomic mass is 32.1. The molecular formula is C26H26N2O5S. The van der Waals surface area contributed by atoms with E-state index in [1.807, 2.05) is 48.5 Å². The average molecular weight is 479 g/mol. The van der Waals surface area contributed by atoms with Crippen molar-refractivity contribution in [3.63, 3.8) is 0 Å². The fourth-order valence-electron chi connectivity index (χ4n) is 3.29. The van der Waals surface area contributed by atoms with Crippen LogP contribution in [-0.4, -0.2) is 49.0 Å². The van der Waals surface area contributed by atoms with Crippen LogP contribution >= 0.6 is 11.3 Å². The van der Waals surface area contributed by atoms with E-state index < -0.39 is 0 Å². The molecule has 0 bridgehead atoms. The van der Waals surface area contributed by atoms with E-state index in [0.29, 0.717) is 26.4 Å². The topological polar surface area (TPSA) is 82.9 Å².